The molecule has 0 aliphatic carbocycles. The molecular weight excluding hydrogens is 266 g/mol. The first-order chi connectivity index (χ1) is 10.2. The average molecular weight is 281 g/mol. The van der Waals surface area contributed by atoms with Gasteiger partial charge in [-0.1, -0.05) is 6.07 Å². The lowest BCUT2D eigenvalue weighted by molar-refractivity contribution is -0.116. The summed E-state index contributed by atoms with van der Waals surface area (Å²) in [5, 5.41) is 2.79. The minimum absolute atomic E-state index is 0.181. The van der Waals surface area contributed by atoms with E-state index >= 15 is 0 Å². The zero-order valence-corrected chi connectivity index (χ0v) is 11.6. The highest BCUT2D eigenvalue weighted by Gasteiger charge is 2.03. The van der Waals surface area contributed by atoms with Crippen molar-refractivity contribution in [3.8, 4) is 0 Å². The van der Waals surface area contributed by atoms with Crippen LogP contribution in [-0.4, -0.2) is 15.3 Å². The van der Waals surface area contributed by atoms with E-state index in [0.717, 1.165) is 16.9 Å². The van der Waals surface area contributed by atoms with Crippen LogP contribution in [0.25, 0.3) is 11.7 Å². The number of nitrogens with one attached hydrogen (secondary N) is 1. The van der Waals surface area contributed by atoms with E-state index in [1.165, 1.54) is 6.08 Å². The number of fused-ring (bicyclic) bond motifs is 1. The summed E-state index contributed by atoms with van der Waals surface area (Å²) in [6, 6.07) is 7.53. The molecule has 0 radical (unpaired) electrons. The summed E-state index contributed by atoms with van der Waals surface area (Å²) in [4.78, 5) is 16.1. The molecular formula is C16H15N3O2. The van der Waals surface area contributed by atoms with Crippen molar-refractivity contribution in [2.24, 2.45) is 0 Å². The van der Waals surface area contributed by atoms with Gasteiger partial charge in [0.25, 0.3) is 0 Å². The predicted octanol–water partition coefficient (Wildman–Crippen LogP) is 2.57. The highest BCUT2D eigenvalue weighted by atomic mass is 16.3. The SMILES string of the molecule is Cc1ccc2nc(CNC(=O)/C=C/c3ccco3)cn2c1. The lowest BCUT2D eigenvalue weighted by Crippen LogP contribution is -2.20. The van der Waals surface area contributed by atoms with Crippen molar-refractivity contribution >= 4 is 17.6 Å². The van der Waals surface area contributed by atoms with Crippen LogP contribution in [0.3, 0.4) is 0 Å². The van der Waals surface area contributed by atoms with E-state index in [0.29, 0.717) is 12.3 Å². The summed E-state index contributed by atoms with van der Waals surface area (Å²) in [5.41, 5.74) is 2.85. The summed E-state index contributed by atoms with van der Waals surface area (Å²) >= 11 is 0. The summed E-state index contributed by atoms with van der Waals surface area (Å²) < 4.78 is 7.07. The van der Waals surface area contributed by atoms with E-state index in [1.807, 2.05) is 35.9 Å². The number of aromatic nitrogens is 2. The molecule has 0 atom stereocenters. The van der Waals surface area contributed by atoms with Crippen molar-refractivity contribution < 1.29 is 9.21 Å². The van der Waals surface area contributed by atoms with Gasteiger partial charge in [-0.2, -0.15) is 0 Å². The third-order valence-electron chi connectivity index (χ3n) is 3.03. The van der Waals surface area contributed by atoms with Gasteiger partial charge in [-0.3, -0.25) is 4.79 Å². The largest absolute Gasteiger partial charge is 0.465 e. The number of furan rings is 1. The standard InChI is InChI=1S/C16H15N3O2/c1-12-4-6-15-18-13(11-19(15)10-12)9-17-16(20)7-5-14-3-2-8-21-14/h2-8,10-11H,9H2,1H3,(H,17,20)/b7-5+. The summed E-state index contributed by atoms with van der Waals surface area (Å²) in [5.74, 6) is 0.466. The topological polar surface area (TPSA) is 59.5 Å². The van der Waals surface area contributed by atoms with Gasteiger partial charge >= 0.3 is 0 Å². The van der Waals surface area contributed by atoms with Crippen LogP contribution in [0.15, 0.2) is 53.4 Å². The summed E-state index contributed by atoms with van der Waals surface area (Å²) in [7, 11) is 0. The highest BCUT2D eigenvalue weighted by Crippen LogP contribution is 2.07. The zero-order chi connectivity index (χ0) is 14.7. The van der Waals surface area contributed by atoms with Crippen LogP contribution < -0.4 is 5.32 Å². The van der Waals surface area contributed by atoms with Crippen LogP contribution in [0.2, 0.25) is 0 Å². The molecule has 0 unspecified atom stereocenters. The monoisotopic (exact) mass is 281 g/mol. The maximum atomic E-state index is 11.7. The Labute approximate surface area is 121 Å². The van der Waals surface area contributed by atoms with Gasteiger partial charge in [0.2, 0.25) is 5.91 Å². The van der Waals surface area contributed by atoms with Crippen molar-refractivity contribution in [2.75, 3.05) is 0 Å². The van der Waals surface area contributed by atoms with E-state index in [1.54, 1.807) is 24.5 Å². The molecule has 1 amide bonds. The number of amides is 1. The molecule has 5 nitrogen and oxygen atoms in total. The van der Waals surface area contributed by atoms with Crippen LogP contribution in [0.4, 0.5) is 0 Å². The number of imidazole rings is 1. The number of aryl methyl sites for hydroxylation is 1. The Balaban J connectivity index is 1.62. The molecule has 3 aromatic heterocycles. The maximum absolute atomic E-state index is 11.7. The number of pyridine rings is 1. The fraction of sp³-hybridized carbons (Fsp3) is 0.125. The van der Waals surface area contributed by atoms with Gasteiger partial charge in [-0.05, 0) is 36.8 Å². The van der Waals surface area contributed by atoms with Crippen molar-refractivity contribution in [1.29, 1.82) is 0 Å². The molecule has 106 valence electrons. The lowest BCUT2D eigenvalue weighted by atomic mass is 10.3. The normalized spacial score (nSPS) is 11.3. The molecule has 0 saturated heterocycles. The molecule has 0 bridgehead atoms. The Morgan fingerprint density at radius 1 is 1.38 bits per heavy atom. The fourth-order valence-corrected chi connectivity index (χ4v) is 2.02. The molecule has 21 heavy (non-hydrogen) atoms. The Bertz CT molecular complexity index is 785. The van der Waals surface area contributed by atoms with E-state index < -0.39 is 0 Å². The molecule has 5 heteroatoms. The number of carbonyl (C=O) groups excluding carboxylic acids is 1. The van der Waals surface area contributed by atoms with Crippen molar-refractivity contribution in [3.63, 3.8) is 0 Å². The van der Waals surface area contributed by atoms with Crippen LogP contribution in [0.1, 0.15) is 17.0 Å². The van der Waals surface area contributed by atoms with Gasteiger partial charge in [0.15, 0.2) is 0 Å². The maximum Gasteiger partial charge on any atom is 0.244 e. The fourth-order valence-electron chi connectivity index (χ4n) is 2.02. The van der Waals surface area contributed by atoms with Gasteiger partial charge in [0.05, 0.1) is 18.5 Å². The van der Waals surface area contributed by atoms with Crippen LogP contribution in [-0.2, 0) is 11.3 Å². The van der Waals surface area contributed by atoms with E-state index in [4.69, 9.17) is 4.42 Å². The van der Waals surface area contributed by atoms with Crippen LogP contribution >= 0.6 is 0 Å². The van der Waals surface area contributed by atoms with Crippen LogP contribution in [0.5, 0.6) is 0 Å². The van der Waals surface area contributed by atoms with Gasteiger partial charge in [0.1, 0.15) is 11.4 Å². The van der Waals surface area contributed by atoms with E-state index in [2.05, 4.69) is 10.3 Å². The quantitative estimate of drug-likeness (QED) is 0.748. The van der Waals surface area contributed by atoms with Crippen molar-refractivity contribution in [2.45, 2.75) is 13.5 Å². The van der Waals surface area contributed by atoms with Gasteiger partial charge in [0, 0.05) is 18.5 Å². The first kappa shape index (κ1) is 13.2. The highest BCUT2D eigenvalue weighted by molar-refractivity contribution is 5.91. The second-order valence-electron chi connectivity index (χ2n) is 4.77. The molecule has 0 fully saturated rings. The third-order valence-corrected chi connectivity index (χ3v) is 3.03. The number of nitrogens with zero attached hydrogens (tertiary/aromatic N) is 2. The smallest absolute Gasteiger partial charge is 0.244 e. The van der Waals surface area contributed by atoms with Gasteiger partial charge in [-0.15, -0.1) is 0 Å². The van der Waals surface area contributed by atoms with Crippen molar-refractivity contribution in [1.82, 2.24) is 14.7 Å². The summed E-state index contributed by atoms with van der Waals surface area (Å²) in [6.07, 6.45) is 8.56. The molecule has 3 aromatic rings. The van der Waals surface area contributed by atoms with E-state index in [9.17, 15) is 4.79 Å². The Hall–Kier alpha value is -2.82. The van der Waals surface area contributed by atoms with E-state index in [-0.39, 0.29) is 5.91 Å². The second-order valence-corrected chi connectivity index (χ2v) is 4.77. The first-order valence-corrected chi connectivity index (χ1v) is 6.64. The Morgan fingerprint density at radius 3 is 3.10 bits per heavy atom. The molecule has 3 heterocycles. The number of carbonyl (C=O) groups is 1. The zero-order valence-electron chi connectivity index (χ0n) is 11.6. The third kappa shape index (κ3) is 3.20. The molecule has 0 aliphatic rings. The average Bonchev–Trinajstić information content (AvgIpc) is 3.11. The molecule has 1 N–H and O–H groups in total. The van der Waals surface area contributed by atoms with Crippen LogP contribution in [0, 0.1) is 6.92 Å². The van der Waals surface area contributed by atoms with Gasteiger partial charge < -0.3 is 14.1 Å². The molecule has 0 aromatic carbocycles. The molecule has 0 saturated carbocycles. The number of hydrogen-bond donors (Lipinski definition) is 1. The lowest BCUT2D eigenvalue weighted by Gasteiger charge is -1.97. The Morgan fingerprint density at radius 2 is 2.29 bits per heavy atom. The van der Waals surface area contributed by atoms with Gasteiger partial charge in [-0.25, -0.2) is 4.98 Å². The Kier molecular flexibility index (Phi) is 3.55. The molecule has 0 aliphatic heterocycles. The number of rotatable bonds is 4. The van der Waals surface area contributed by atoms with Crippen molar-refractivity contribution in [3.05, 3.63) is 66.0 Å². The first-order valence-electron chi connectivity index (χ1n) is 6.64. The molecule has 3 rings (SSSR count). The summed E-state index contributed by atoms with van der Waals surface area (Å²) in [6.45, 7) is 2.42. The molecule has 0 spiro atoms. The second kappa shape index (κ2) is 5.66. The minimum atomic E-state index is -0.181. The predicted molar refractivity (Wildman–Crippen MR) is 79.5 cm³/mol. The number of hydrogen-bond acceptors (Lipinski definition) is 3. The minimum Gasteiger partial charge on any atom is -0.465 e.